The molecule has 1 saturated carbocycles. The van der Waals surface area contributed by atoms with E-state index in [1.807, 2.05) is 57.9 Å². The summed E-state index contributed by atoms with van der Waals surface area (Å²) < 4.78 is 5.38. The smallest absolute Gasteiger partial charge is 0.137 e. The fourth-order valence-electron chi connectivity index (χ4n) is 6.65. The molecule has 6 nitrogen and oxygen atoms in total. The third-order valence-corrected chi connectivity index (χ3v) is 9.80. The van der Waals surface area contributed by atoms with E-state index < -0.39 is 0 Å². The molecule has 6 aromatic rings. The van der Waals surface area contributed by atoms with Crippen LogP contribution in [0.25, 0.3) is 11.4 Å². The van der Waals surface area contributed by atoms with Gasteiger partial charge in [-0.05, 0) is 51.0 Å². The van der Waals surface area contributed by atoms with Crippen molar-refractivity contribution in [3.8, 4) is 11.4 Å². The highest BCUT2D eigenvalue weighted by Gasteiger charge is 2.29. The van der Waals surface area contributed by atoms with E-state index in [0.717, 1.165) is 82.1 Å². The van der Waals surface area contributed by atoms with E-state index >= 15 is 0 Å². The molecule has 0 radical (unpaired) electrons. The summed E-state index contributed by atoms with van der Waals surface area (Å²) in [5.41, 5.74) is 9.75. The zero-order valence-electron chi connectivity index (χ0n) is 27.1. The summed E-state index contributed by atoms with van der Waals surface area (Å²) in [7, 11) is 0. The number of aromatic nitrogens is 4. The van der Waals surface area contributed by atoms with Crippen LogP contribution >= 0.6 is 24.4 Å². The largest absolute Gasteiger partial charge is 0.297 e. The van der Waals surface area contributed by atoms with Crippen molar-refractivity contribution in [3.63, 3.8) is 0 Å². The van der Waals surface area contributed by atoms with Crippen LogP contribution in [0.1, 0.15) is 59.3 Å². The number of rotatable bonds is 8. The lowest BCUT2D eigenvalue weighted by molar-refractivity contribution is 0.389. The van der Waals surface area contributed by atoms with Crippen LogP contribution in [0.4, 0.5) is 0 Å². The van der Waals surface area contributed by atoms with E-state index in [9.17, 15) is 0 Å². The second kappa shape index (κ2) is 14.1. The van der Waals surface area contributed by atoms with Crippen LogP contribution in [-0.4, -0.2) is 43.1 Å². The Kier molecular flexibility index (Phi) is 9.27. The lowest BCUT2D eigenvalue weighted by Gasteiger charge is -2.28. The van der Waals surface area contributed by atoms with Crippen molar-refractivity contribution < 1.29 is 0 Å². The van der Waals surface area contributed by atoms with E-state index in [4.69, 9.17) is 34.4 Å². The van der Waals surface area contributed by atoms with Crippen LogP contribution in [0.5, 0.6) is 0 Å². The molecule has 48 heavy (non-hydrogen) atoms. The molecule has 0 amide bonds. The van der Waals surface area contributed by atoms with Crippen LogP contribution in [0.3, 0.4) is 0 Å². The molecule has 2 aromatic heterocycles. The number of nitrogens with one attached hydrogen (secondary N) is 2. The normalized spacial score (nSPS) is 17.0. The summed E-state index contributed by atoms with van der Waals surface area (Å²) in [5.74, 6) is 0. The fourth-order valence-corrected chi connectivity index (χ4v) is 7.45. The molecule has 2 unspecified atom stereocenters. The van der Waals surface area contributed by atoms with E-state index in [-0.39, 0.29) is 12.1 Å². The molecule has 2 N–H and O–H groups in total. The third kappa shape index (κ3) is 6.33. The molecule has 2 atom stereocenters. The average Bonchev–Trinajstić information content (AvgIpc) is 3.60. The Hall–Kier alpha value is -4.92. The van der Waals surface area contributed by atoms with Crippen LogP contribution in [0.15, 0.2) is 131 Å². The van der Waals surface area contributed by atoms with Crippen molar-refractivity contribution in [1.82, 2.24) is 19.6 Å². The lowest BCUT2D eigenvalue weighted by Crippen LogP contribution is -2.30. The maximum absolute atomic E-state index is 6.14. The maximum atomic E-state index is 6.14. The van der Waals surface area contributed by atoms with Crippen molar-refractivity contribution in [2.24, 2.45) is 9.98 Å². The first-order valence-corrected chi connectivity index (χ1v) is 17.3. The van der Waals surface area contributed by atoms with Gasteiger partial charge in [-0.2, -0.15) is 0 Å². The Morgan fingerprint density at radius 3 is 1.23 bits per heavy atom. The van der Waals surface area contributed by atoms with E-state index in [0.29, 0.717) is 9.28 Å². The van der Waals surface area contributed by atoms with Gasteiger partial charge in [-0.1, -0.05) is 134 Å². The summed E-state index contributed by atoms with van der Waals surface area (Å²) >= 11 is 12.3. The summed E-state index contributed by atoms with van der Waals surface area (Å²) in [5, 5.41) is 7.04. The van der Waals surface area contributed by atoms with Crippen molar-refractivity contribution >= 4 is 35.9 Å². The quantitative estimate of drug-likeness (QED) is 0.126. The molecule has 240 valence electrons. The average molecular weight is 667 g/mol. The first-order valence-electron chi connectivity index (χ1n) is 16.5. The van der Waals surface area contributed by atoms with Crippen LogP contribution < -0.4 is 0 Å². The first kappa shape index (κ1) is 31.7. The van der Waals surface area contributed by atoms with Crippen molar-refractivity contribution in [1.29, 1.82) is 0 Å². The second-order valence-corrected chi connectivity index (χ2v) is 13.1. The highest BCUT2D eigenvalue weighted by atomic mass is 32.1. The molecule has 0 spiro atoms. The minimum absolute atomic E-state index is 0.0318. The van der Waals surface area contributed by atoms with E-state index in [1.54, 1.807) is 0 Å². The second-order valence-electron chi connectivity index (χ2n) is 12.3. The van der Waals surface area contributed by atoms with Crippen LogP contribution in [-0.2, 0) is 0 Å². The van der Waals surface area contributed by atoms with Crippen molar-refractivity contribution in [2.45, 2.75) is 51.6 Å². The fraction of sp³-hybridized carbons (Fsp3) is 0.200. The van der Waals surface area contributed by atoms with Gasteiger partial charge in [0, 0.05) is 22.5 Å². The van der Waals surface area contributed by atoms with E-state index in [2.05, 4.69) is 96.8 Å². The Balaban J connectivity index is 1.37. The number of hydrogen-bond acceptors (Lipinski definition) is 4. The van der Waals surface area contributed by atoms with Gasteiger partial charge >= 0.3 is 0 Å². The highest BCUT2D eigenvalue weighted by molar-refractivity contribution is 7.71. The molecule has 0 saturated heterocycles. The van der Waals surface area contributed by atoms with Gasteiger partial charge in [0.15, 0.2) is 0 Å². The van der Waals surface area contributed by atoms with Gasteiger partial charge in [0.25, 0.3) is 0 Å². The number of para-hydroxylation sites is 2. The molecule has 7 rings (SSSR count). The predicted molar refractivity (Wildman–Crippen MR) is 202 cm³/mol. The van der Waals surface area contributed by atoms with E-state index in [1.165, 1.54) is 0 Å². The van der Waals surface area contributed by atoms with Gasteiger partial charge in [0.1, 0.15) is 9.28 Å². The molecule has 1 fully saturated rings. The number of nitrogens with zero attached hydrogens (tertiary/aromatic N) is 4. The number of aryl methyl sites for hydroxylation is 2. The van der Waals surface area contributed by atoms with Crippen molar-refractivity contribution in [3.05, 3.63) is 164 Å². The molecule has 2 heterocycles. The summed E-state index contributed by atoms with van der Waals surface area (Å²) in [6.45, 7) is 4.16. The number of aromatic amines is 2. The topological polar surface area (TPSA) is 66.2 Å². The monoisotopic (exact) mass is 666 g/mol. The number of H-pyrrole nitrogens is 2. The number of benzene rings is 4. The molecule has 4 aromatic carbocycles. The minimum Gasteiger partial charge on any atom is -0.297 e. The minimum atomic E-state index is -0.0318. The third-order valence-electron chi connectivity index (χ3n) is 9.02. The van der Waals surface area contributed by atoms with Gasteiger partial charge in [-0.3, -0.25) is 20.2 Å². The zero-order valence-corrected chi connectivity index (χ0v) is 28.8. The molecule has 0 aliphatic heterocycles. The van der Waals surface area contributed by atoms with Crippen LogP contribution in [0, 0.1) is 23.1 Å². The Morgan fingerprint density at radius 2 is 0.875 bits per heavy atom. The number of aliphatic imine (C=N–C) groups is 2. The summed E-state index contributed by atoms with van der Waals surface area (Å²) in [6.07, 6.45) is 4.09. The van der Waals surface area contributed by atoms with Gasteiger partial charge in [0.05, 0.1) is 46.0 Å². The standard InChI is InChI=1S/C40H38N6S2/c1-27-35(39(47)45(43-27)31-21-11-5-12-22-31)37(29-17-7-3-8-18-29)41-33-25-15-16-26-34(33)42-38(30-19-9-4-10-20-30)36-28(2)44-46(40(36)48)32-23-13-6-14-24-32/h3-14,17-24,33-34,43-44H,15-16,25-26H2,1-2H3. The SMILES string of the molecule is Cc1[nH]n(-c2ccccc2)c(=S)c1C(=NC1CCCCC1N=C(c1ccccc1)c1c(C)[nH]n(-c2ccccc2)c1=S)c1ccccc1. The Bertz CT molecular complexity index is 2030. The first-order chi connectivity index (χ1) is 23.5. The predicted octanol–water partition coefficient (Wildman–Crippen LogP) is 9.69. The lowest BCUT2D eigenvalue weighted by atomic mass is 9.89. The van der Waals surface area contributed by atoms with Crippen LogP contribution in [0.2, 0.25) is 0 Å². The van der Waals surface area contributed by atoms with Crippen molar-refractivity contribution in [2.75, 3.05) is 0 Å². The van der Waals surface area contributed by atoms with Gasteiger partial charge in [-0.15, -0.1) is 0 Å². The molecular weight excluding hydrogens is 629 g/mol. The summed E-state index contributed by atoms with van der Waals surface area (Å²) in [4.78, 5) is 11.2. The molecule has 1 aliphatic rings. The molecule has 8 heteroatoms. The molecular formula is C40H38N6S2. The van der Waals surface area contributed by atoms with Gasteiger partial charge in [0.2, 0.25) is 0 Å². The molecule has 0 bridgehead atoms. The Labute approximate surface area is 291 Å². The Morgan fingerprint density at radius 1 is 0.542 bits per heavy atom. The summed E-state index contributed by atoms with van der Waals surface area (Å²) in [6, 6.07) is 41.1. The highest BCUT2D eigenvalue weighted by Crippen LogP contribution is 2.29. The molecule has 1 aliphatic carbocycles. The van der Waals surface area contributed by atoms with Gasteiger partial charge < -0.3 is 0 Å². The number of hydrogen-bond donors (Lipinski definition) is 2. The van der Waals surface area contributed by atoms with Gasteiger partial charge in [-0.25, -0.2) is 9.36 Å². The zero-order chi connectivity index (χ0) is 33.0. The maximum Gasteiger partial charge on any atom is 0.137 e.